The summed E-state index contributed by atoms with van der Waals surface area (Å²) in [7, 11) is 0. The van der Waals surface area contributed by atoms with E-state index >= 15 is 0 Å². The molecule has 5 nitrogen and oxygen atoms in total. The van der Waals surface area contributed by atoms with Crippen molar-refractivity contribution in [2.45, 2.75) is 24.8 Å². The first-order chi connectivity index (χ1) is 10.9. The van der Waals surface area contributed by atoms with Gasteiger partial charge >= 0.3 is 6.18 Å². The second-order valence-corrected chi connectivity index (χ2v) is 5.28. The molecule has 2 atom stereocenters. The maximum Gasteiger partial charge on any atom is 0.416 e. The molecule has 0 radical (unpaired) electrons. The van der Waals surface area contributed by atoms with Crippen LogP contribution in [0.25, 0.3) is 0 Å². The van der Waals surface area contributed by atoms with Crippen molar-refractivity contribution >= 4 is 0 Å². The van der Waals surface area contributed by atoms with Crippen molar-refractivity contribution in [2.24, 2.45) is 0 Å². The van der Waals surface area contributed by atoms with Crippen molar-refractivity contribution in [3.63, 3.8) is 0 Å². The number of rotatable bonds is 4. The fourth-order valence-corrected chi connectivity index (χ4v) is 2.52. The largest absolute Gasteiger partial charge is 0.416 e. The summed E-state index contributed by atoms with van der Waals surface area (Å²) in [5.74, 6) is -0.679. The Morgan fingerprint density at radius 1 is 1.30 bits per heavy atom. The van der Waals surface area contributed by atoms with Crippen LogP contribution in [-0.4, -0.2) is 34.2 Å². The minimum atomic E-state index is -4.50. The second-order valence-electron chi connectivity index (χ2n) is 5.28. The highest BCUT2D eigenvalue weighted by atomic mass is 19.4. The van der Waals surface area contributed by atoms with E-state index in [0.717, 1.165) is 18.2 Å². The lowest BCUT2D eigenvalue weighted by molar-refractivity contribution is -0.137. The summed E-state index contributed by atoms with van der Waals surface area (Å²) in [6.07, 6.45) is -1.29. The van der Waals surface area contributed by atoms with E-state index in [2.05, 4.69) is 15.6 Å². The van der Waals surface area contributed by atoms with Crippen LogP contribution in [0, 0.1) is 5.82 Å². The van der Waals surface area contributed by atoms with Gasteiger partial charge in [-0.05, 0) is 18.2 Å². The predicted molar refractivity (Wildman–Crippen MR) is 71.9 cm³/mol. The van der Waals surface area contributed by atoms with E-state index in [-0.39, 0.29) is 24.2 Å². The number of nitrogens with zero attached hydrogens (tertiary/aromatic N) is 3. The van der Waals surface area contributed by atoms with Crippen LogP contribution in [0.15, 0.2) is 30.6 Å². The van der Waals surface area contributed by atoms with Crippen LogP contribution < -0.4 is 5.32 Å². The monoisotopic (exact) mass is 330 g/mol. The lowest BCUT2D eigenvalue weighted by Crippen LogP contribution is -2.37. The maximum atomic E-state index is 13.7. The molecule has 0 bridgehead atoms. The Balaban J connectivity index is 1.70. The van der Waals surface area contributed by atoms with E-state index in [1.807, 2.05) is 0 Å². The fraction of sp³-hybridized carbons (Fsp3) is 0.429. The molecule has 0 amide bonds. The average molecular weight is 330 g/mol. The molecule has 1 aliphatic heterocycles. The highest BCUT2D eigenvalue weighted by Crippen LogP contribution is 2.30. The molecule has 1 aromatic carbocycles. The van der Waals surface area contributed by atoms with E-state index in [1.54, 1.807) is 10.9 Å². The molecule has 2 heterocycles. The quantitative estimate of drug-likeness (QED) is 0.873. The second kappa shape index (κ2) is 6.25. The Labute approximate surface area is 129 Å². The SMILES string of the molecule is Fc1ccc(C(F)(F)F)cc1CN[C@H]1COC[C@H]1n1ccnn1. The number of benzene rings is 1. The van der Waals surface area contributed by atoms with Crippen molar-refractivity contribution in [3.8, 4) is 0 Å². The molecule has 1 N–H and O–H groups in total. The zero-order chi connectivity index (χ0) is 16.4. The molecule has 1 aliphatic rings. The van der Waals surface area contributed by atoms with Crippen LogP contribution in [0.1, 0.15) is 17.2 Å². The van der Waals surface area contributed by atoms with Gasteiger partial charge in [0.25, 0.3) is 0 Å². The Kier molecular flexibility index (Phi) is 4.31. The zero-order valence-electron chi connectivity index (χ0n) is 11.9. The van der Waals surface area contributed by atoms with Crippen LogP contribution in [-0.2, 0) is 17.5 Å². The minimum Gasteiger partial charge on any atom is -0.377 e. The van der Waals surface area contributed by atoms with E-state index in [9.17, 15) is 17.6 Å². The van der Waals surface area contributed by atoms with Gasteiger partial charge in [0.1, 0.15) is 5.82 Å². The molecular formula is C14H14F4N4O. The van der Waals surface area contributed by atoms with Crippen molar-refractivity contribution in [1.82, 2.24) is 20.3 Å². The standard InChI is InChI=1S/C14H14F4N4O/c15-11-2-1-10(14(16,17)18)5-9(11)6-19-12-7-23-8-13(12)22-4-3-20-21-22/h1-5,12-13,19H,6-8H2/t12-,13+/m0/s1. The topological polar surface area (TPSA) is 52.0 Å². The molecule has 1 saturated heterocycles. The van der Waals surface area contributed by atoms with E-state index in [1.165, 1.54) is 6.20 Å². The van der Waals surface area contributed by atoms with Gasteiger partial charge in [-0.15, -0.1) is 5.10 Å². The Hall–Kier alpha value is -2.00. The van der Waals surface area contributed by atoms with Crippen LogP contribution in [0.4, 0.5) is 17.6 Å². The number of hydrogen-bond acceptors (Lipinski definition) is 4. The molecule has 0 spiro atoms. The van der Waals surface area contributed by atoms with E-state index in [4.69, 9.17) is 4.74 Å². The molecule has 9 heteroatoms. The Morgan fingerprint density at radius 2 is 2.13 bits per heavy atom. The van der Waals surface area contributed by atoms with Gasteiger partial charge in [-0.25, -0.2) is 9.07 Å². The van der Waals surface area contributed by atoms with E-state index in [0.29, 0.717) is 13.2 Å². The normalized spacial score (nSPS) is 21.7. The highest BCUT2D eigenvalue weighted by Gasteiger charge is 2.32. The summed E-state index contributed by atoms with van der Waals surface area (Å²) < 4.78 is 58.8. The highest BCUT2D eigenvalue weighted by molar-refractivity contribution is 5.27. The number of halogens is 4. The molecule has 1 aromatic heterocycles. The van der Waals surface area contributed by atoms with Gasteiger partial charge in [0.15, 0.2) is 0 Å². The van der Waals surface area contributed by atoms with Crippen molar-refractivity contribution < 1.29 is 22.3 Å². The summed E-state index contributed by atoms with van der Waals surface area (Å²) in [6, 6.07) is 2.06. The molecule has 2 aromatic rings. The number of ether oxygens (including phenoxy) is 1. The number of alkyl halides is 3. The van der Waals surface area contributed by atoms with Gasteiger partial charge in [0.2, 0.25) is 0 Å². The lowest BCUT2D eigenvalue weighted by Gasteiger charge is -2.19. The average Bonchev–Trinajstić information content (AvgIpc) is 3.16. The third-order valence-corrected chi connectivity index (χ3v) is 3.76. The van der Waals surface area contributed by atoms with Crippen LogP contribution in [0.5, 0.6) is 0 Å². The fourth-order valence-electron chi connectivity index (χ4n) is 2.52. The molecule has 0 unspecified atom stereocenters. The molecule has 23 heavy (non-hydrogen) atoms. The molecule has 0 aliphatic carbocycles. The molecule has 124 valence electrons. The lowest BCUT2D eigenvalue weighted by atomic mass is 10.1. The van der Waals surface area contributed by atoms with E-state index < -0.39 is 17.6 Å². The van der Waals surface area contributed by atoms with Gasteiger partial charge in [-0.1, -0.05) is 5.21 Å². The summed E-state index contributed by atoms with van der Waals surface area (Å²) >= 11 is 0. The van der Waals surface area contributed by atoms with Gasteiger partial charge in [-0.2, -0.15) is 13.2 Å². The smallest absolute Gasteiger partial charge is 0.377 e. The molecule has 3 rings (SSSR count). The van der Waals surface area contributed by atoms with Gasteiger partial charge in [0.05, 0.1) is 37.1 Å². The third-order valence-electron chi connectivity index (χ3n) is 3.76. The van der Waals surface area contributed by atoms with Gasteiger partial charge in [0, 0.05) is 18.3 Å². The number of nitrogens with one attached hydrogen (secondary N) is 1. The van der Waals surface area contributed by atoms with Crippen molar-refractivity contribution in [1.29, 1.82) is 0 Å². The van der Waals surface area contributed by atoms with Crippen molar-refractivity contribution in [2.75, 3.05) is 13.2 Å². The number of aromatic nitrogens is 3. The Morgan fingerprint density at radius 3 is 2.83 bits per heavy atom. The van der Waals surface area contributed by atoms with Crippen molar-refractivity contribution in [3.05, 3.63) is 47.5 Å². The van der Waals surface area contributed by atoms with Gasteiger partial charge in [-0.3, -0.25) is 0 Å². The summed E-state index contributed by atoms with van der Waals surface area (Å²) in [6.45, 7) is 0.742. The predicted octanol–water partition coefficient (Wildman–Crippen LogP) is 2.17. The first-order valence-corrected chi connectivity index (χ1v) is 6.97. The number of hydrogen-bond donors (Lipinski definition) is 1. The first-order valence-electron chi connectivity index (χ1n) is 6.97. The third kappa shape index (κ3) is 3.50. The summed E-state index contributed by atoms with van der Waals surface area (Å²) in [4.78, 5) is 0. The van der Waals surface area contributed by atoms with Crippen LogP contribution in [0.3, 0.4) is 0 Å². The Bertz CT molecular complexity index is 659. The van der Waals surface area contributed by atoms with Gasteiger partial charge < -0.3 is 10.1 Å². The minimum absolute atomic E-state index is 0.0328. The zero-order valence-corrected chi connectivity index (χ0v) is 11.9. The molecule has 0 saturated carbocycles. The summed E-state index contributed by atoms with van der Waals surface area (Å²) in [5.41, 5.74) is -0.907. The summed E-state index contributed by atoms with van der Waals surface area (Å²) in [5, 5.41) is 10.6. The maximum absolute atomic E-state index is 13.7. The van der Waals surface area contributed by atoms with Crippen LogP contribution >= 0.6 is 0 Å². The molecule has 1 fully saturated rings. The molecular weight excluding hydrogens is 316 g/mol. The first kappa shape index (κ1) is 15.9. The van der Waals surface area contributed by atoms with Crippen LogP contribution in [0.2, 0.25) is 0 Å².